The third kappa shape index (κ3) is 6.99. The molecule has 10 heteroatoms. The second-order valence-electron chi connectivity index (χ2n) is 9.08. The predicted octanol–water partition coefficient (Wildman–Crippen LogP) is 5.13. The van der Waals surface area contributed by atoms with Gasteiger partial charge in [0.25, 0.3) is 0 Å². The highest BCUT2D eigenvalue weighted by Crippen LogP contribution is 2.24. The molecule has 4 heterocycles. The maximum atomic E-state index is 11.5. The number of ether oxygens (including phenoxy) is 3. The van der Waals surface area contributed by atoms with Crippen LogP contribution in [0.4, 0.5) is 0 Å². The molecule has 4 aromatic heterocycles. The summed E-state index contributed by atoms with van der Waals surface area (Å²) in [5.74, 6) is 0.695. The standard InChI is InChI=1S/C16H15N3O2.C15H13N3O2/c1-11-8-9-13-14(17-11)15(19-16(18-13)20-2)21-10-12-6-4-3-5-7-12;1-10-7-8-12-13(16-10)14(18-15(19)17-12)20-9-11-5-3-2-4-6-11/h3-9H,10H2,1-2H3;2-8H,9H2,1H3,(H,17,18,19). The van der Waals surface area contributed by atoms with Crippen molar-refractivity contribution in [1.82, 2.24) is 29.9 Å². The number of pyridine rings is 2. The molecule has 0 saturated heterocycles. The molecule has 2 aromatic carbocycles. The molecule has 0 spiro atoms. The first-order valence-electron chi connectivity index (χ1n) is 12.9. The fourth-order valence-corrected chi connectivity index (χ4v) is 3.92. The van der Waals surface area contributed by atoms with Gasteiger partial charge in [0.15, 0.2) is 5.52 Å². The second-order valence-corrected chi connectivity index (χ2v) is 9.08. The zero-order chi connectivity index (χ0) is 28.6. The van der Waals surface area contributed by atoms with Crippen molar-refractivity contribution in [2.45, 2.75) is 27.1 Å². The van der Waals surface area contributed by atoms with Gasteiger partial charge in [0.2, 0.25) is 11.8 Å². The topological polar surface area (TPSA) is 125 Å². The first-order chi connectivity index (χ1) is 20.0. The number of nitrogens with zero attached hydrogens (tertiary/aromatic N) is 5. The van der Waals surface area contributed by atoms with Gasteiger partial charge in [-0.2, -0.15) is 15.0 Å². The summed E-state index contributed by atoms with van der Waals surface area (Å²) in [5.41, 5.74) is 5.91. The number of H-pyrrole nitrogens is 1. The van der Waals surface area contributed by atoms with Crippen LogP contribution >= 0.6 is 0 Å². The summed E-state index contributed by atoms with van der Waals surface area (Å²) >= 11 is 0. The third-order valence-corrected chi connectivity index (χ3v) is 5.93. The van der Waals surface area contributed by atoms with Crippen LogP contribution in [0.5, 0.6) is 17.8 Å². The fraction of sp³-hybridized carbons (Fsp3) is 0.161. The molecule has 0 aliphatic rings. The number of aromatic amines is 1. The molecular weight excluding hydrogens is 520 g/mol. The summed E-state index contributed by atoms with van der Waals surface area (Å²) in [6.07, 6.45) is 0. The molecule has 0 unspecified atom stereocenters. The molecule has 10 nitrogen and oxygen atoms in total. The molecule has 0 saturated carbocycles. The van der Waals surface area contributed by atoms with E-state index in [1.54, 1.807) is 6.07 Å². The smallest absolute Gasteiger partial charge is 0.348 e. The van der Waals surface area contributed by atoms with Crippen molar-refractivity contribution >= 4 is 22.1 Å². The number of aromatic nitrogens is 6. The van der Waals surface area contributed by atoms with E-state index in [0.717, 1.165) is 22.5 Å². The van der Waals surface area contributed by atoms with Crippen molar-refractivity contribution in [1.29, 1.82) is 0 Å². The number of methoxy groups -OCH3 is 1. The molecule has 6 rings (SSSR count). The highest BCUT2D eigenvalue weighted by atomic mass is 16.5. The van der Waals surface area contributed by atoms with E-state index in [2.05, 4.69) is 29.9 Å². The zero-order valence-electron chi connectivity index (χ0n) is 22.9. The highest BCUT2D eigenvalue weighted by molar-refractivity contribution is 5.80. The molecule has 0 radical (unpaired) electrons. The lowest BCUT2D eigenvalue weighted by Crippen LogP contribution is -2.13. The first-order valence-corrected chi connectivity index (χ1v) is 12.9. The molecule has 0 amide bonds. The minimum atomic E-state index is -0.439. The van der Waals surface area contributed by atoms with Crippen LogP contribution in [-0.4, -0.2) is 37.0 Å². The number of aryl methyl sites for hydroxylation is 2. The van der Waals surface area contributed by atoms with Crippen LogP contribution in [0.15, 0.2) is 89.7 Å². The summed E-state index contributed by atoms with van der Waals surface area (Å²) in [6.45, 7) is 4.57. The molecule has 41 heavy (non-hydrogen) atoms. The Balaban J connectivity index is 0.000000165. The maximum absolute atomic E-state index is 11.5. The van der Waals surface area contributed by atoms with Crippen molar-refractivity contribution in [3.05, 3.63) is 118 Å². The normalized spacial score (nSPS) is 10.6. The number of nitrogens with one attached hydrogen (secondary N) is 1. The third-order valence-electron chi connectivity index (χ3n) is 5.93. The molecule has 0 bridgehead atoms. The van der Waals surface area contributed by atoms with Gasteiger partial charge >= 0.3 is 11.7 Å². The lowest BCUT2D eigenvalue weighted by atomic mass is 10.2. The SMILES string of the molecule is COc1nc(OCc2ccccc2)c2nc(C)ccc2n1.Cc1ccc2[nH]c(=O)nc(OCc3ccccc3)c2n1. The lowest BCUT2D eigenvalue weighted by molar-refractivity contribution is 0.288. The van der Waals surface area contributed by atoms with Crippen LogP contribution in [0, 0.1) is 13.8 Å². The van der Waals surface area contributed by atoms with Crippen LogP contribution in [0.2, 0.25) is 0 Å². The van der Waals surface area contributed by atoms with Gasteiger partial charge in [-0.3, -0.25) is 0 Å². The Morgan fingerprint density at radius 3 is 1.80 bits per heavy atom. The van der Waals surface area contributed by atoms with Crippen molar-refractivity contribution < 1.29 is 14.2 Å². The van der Waals surface area contributed by atoms with E-state index in [4.69, 9.17) is 14.2 Å². The van der Waals surface area contributed by atoms with Gasteiger partial charge in [-0.25, -0.2) is 14.8 Å². The van der Waals surface area contributed by atoms with E-state index in [1.165, 1.54) is 7.11 Å². The predicted molar refractivity (Wildman–Crippen MR) is 155 cm³/mol. The minimum absolute atomic E-state index is 0.260. The molecule has 0 atom stereocenters. The Labute approximate surface area is 236 Å². The van der Waals surface area contributed by atoms with Gasteiger partial charge in [0.05, 0.1) is 18.1 Å². The zero-order valence-corrected chi connectivity index (χ0v) is 22.9. The monoisotopic (exact) mass is 548 g/mol. The number of rotatable bonds is 7. The van der Waals surface area contributed by atoms with Gasteiger partial charge in [-0.1, -0.05) is 60.7 Å². The Morgan fingerprint density at radius 2 is 1.20 bits per heavy atom. The van der Waals surface area contributed by atoms with Crippen molar-refractivity contribution in [3.8, 4) is 17.8 Å². The van der Waals surface area contributed by atoms with E-state index < -0.39 is 5.69 Å². The number of benzene rings is 2. The largest absolute Gasteiger partial charge is 0.471 e. The summed E-state index contributed by atoms with van der Waals surface area (Å²) in [6, 6.07) is 27.3. The second kappa shape index (κ2) is 12.6. The molecule has 1 N–H and O–H groups in total. The van der Waals surface area contributed by atoms with Crippen molar-refractivity contribution in [2.24, 2.45) is 0 Å². The Kier molecular flexibility index (Phi) is 8.39. The van der Waals surface area contributed by atoms with Gasteiger partial charge < -0.3 is 19.2 Å². The van der Waals surface area contributed by atoms with Crippen molar-refractivity contribution in [2.75, 3.05) is 7.11 Å². The molecule has 0 aliphatic carbocycles. The Morgan fingerprint density at radius 1 is 0.634 bits per heavy atom. The lowest BCUT2D eigenvalue weighted by Gasteiger charge is -2.09. The molecule has 206 valence electrons. The number of hydrogen-bond acceptors (Lipinski definition) is 9. The molecule has 6 aromatic rings. The average molecular weight is 549 g/mol. The van der Waals surface area contributed by atoms with Gasteiger partial charge in [0.1, 0.15) is 18.7 Å². The van der Waals surface area contributed by atoms with E-state index >= 15 is 0 Å². The molecule has 0 aliphatic heterocycles. The van der Waals surface area contributed by atoms with Gasteiger partial charge in [-0.05, 0) is 49.2 Å². The van der Waals surface area contributed by atoms with Crippen LogP contribution < -0.4 is 19.9 Å². The van der Waals surface area contributed by atoms with E-state index in [0.29, 0.717) is 41.2 Å². The van der Waals surface area contributed by atoms with Gasteiger partial charge in [-0.15, -0.1) is 0 Å². The fourth-order valence-electron chi connectivity index (χ4n) is 3.92. The number of hydrogen-bond donors (Lipinski definition) is 1. The maximum Gasteiger partial charge on any atom is 0.348 e. The quantitative estimate of drug-likeness (QED) is 0.289. The average Bonchev–Trinajstić information content (AvgIpc) is 3.00. The summed E-state index contributed by atoms with van der Waals surface area (Å²) in [7, 11) is 1.53. The molecule has 0 fully saturated rings. The minimum Gasteiger partial charge on any atom is -0.471 e. The van der Waals surface area contributed by atoms with Crippen molar-refractivity contribution in [3.63, 3.8) is 0 Å². The molecular formula is C31H28N6O4. The van der Waals surface area contributed by atoms with E-state index in [-0.39, 0.29) is 11.9 Å². The van der Waals surface area contributed by atoms with Crippen LogP contribution in [0.3, 0.4) is 0 Å². The van der Waals surface area contributed by atoms with Gasteiger partial charge in [0, 0.05) is 11.4 Å². The van der Waals surface area contributed by atoms with E-state index in [1.807, 2.05) is 92.7 Å². The summed E-state index contributed by atoms with van der Waals surface area (Å²) in [4.78, 5) is 35.4. The number of fused-ring (bicyclic) bond motifs is 2. The Bertz CT molecular complexity index is 1830. The van der Waals surface area contributed by atoms with E-state index in [9.17, 15) is 4.79 Å². The van der Waals surface area contributed by atoms with Crippen LogP contribution in [0.1, 0.15) is 22.5 Å². The van der Waals surface area contributed by atoms with Crippen LogP contribution in [0.25, 0.3) is 22.1 Å². The summed E-state index contributed by atoms with van der Waals surface area (Å²) in [5, 5.41) is 0. The van der Waals surface area contributed by atoms with Crippen LogP contribution in [-0.2, 0) is 13.2 Å². The summed E-state index contributed by atoms with van der Waals surface area (Å²) < 4.78 is 16.6. The Hall–Kier alpha value is -5.38. The highest BCUT2D eigenvalue weighted by Gasteiger charge is 2.12. The first kappa shape index (κ1) is 27.2.